The van der Waals surface area contributed by atoms with Gasteiger partial charge in [0.2, 0.25) is 6.79 Å². The minimum Gasteiger partial charge on any atom is -0.496 e. The Labute approximate surface area is 176 Å². The number of ether oxygens (including phenoxy) is 3. The lowest BCUT2D eigenvalue weighted by atomic mass is 9.87. The van der Waals surface area contributed by atoms with E-state index in [1.54, 1.807) is 7.11 Å². The molecule has 4 nitrogen and oxygen atoms in total. The molecule has 0 bridgehead atoms. The molecule has 1 unspecified atom stereocenters. The van der Waals surface area contributed by atoms with Gasteiger partial charge >= 0.3 is 0 Å². The summed E-state index contributed by atoms with van der Waals surface area (Å²) in [7, 11) is 1.72. The minimum absolute atomic E-state index is 0.179. The molecule has 1 N–H and O–H groups in total. The van der Waals surface area contributed by atoms with E-state index in [0.29, 0.717) is 0 Å². The molecule has 0 aliphatic carbocycles. The zero-order valence-electron chi connectivity index (χ0n) is 16.4. The van der Waals surface area contributed by atoms with Crippen molar-refractivity contribution in [2.75, 3.05) is 20.4 Å². The van der Waals surface area contributed by atoms with Crippen LogP contribution in [0.25, 0.3) is 0 Å². The number of fused-ring (bicyclic) bond motifs is 1. The van der Waals surface area contributed by atoms with Crippen LogP contribution < -0.4 is 19.5 Å². The lowest BCUT2D eigenvalue weighted by Crippen LogP contribution is -2.18. The van der Waals surface area contributed by atoms with Crippen LogP contribution in [0.15, 0.2) is 66.7 Å². The summed E-state index contributed by atoms with van der Waals surface area (Å²) >= 11 is 5.97. The van der Waals surface area contributed by atoms with E-state index >= 15 is 0 Å². The number of para-hydroxylation sites is 1. The van der Waals surface area contributed by atoms with Crippen molar-refractivity contribution in [1.29, 1.82) is 0 Å². The third kappa shape index (κ3) is 4.66. The van der Waals surface area contributed by atoms with Crippen LogP contribution in [0.4, 0.5) is 0 Å². The van der Waals surface area contributed by atoms with Crippen LogP contribution in [0.1, 0.15) is 29.0 Å². The molecule has 0 aromatic heterocycles. The first-order valence-corrected chi connectivity index (χ1v) is 10.1. The van der Waals surface area contributed by atoms with Gasteiger partial charge in [-0.05, 0) is 54.4 Å². The Morgan fingerprint density at radius 1 is 1.00 bits per heavy atom. The average Bonchev–Trinajstić information content (AvgIpc) is 3.23. The van der Waals surface area contributed by atoms with E-state index in [0.717, 1.165) is 41.8 Å². The van der Waals surface area contributed by atoms with Gasteiger partial charge in [0.1, 0.15) is 5.75 Å². The minimum atomic E-state index is 0.179. The number of hydrogen-bond donors (Lipinski definition) is 1. The second kappa shape index (κ2) is 9.21. The van der Waals surface area contributed by atoms with Crippen LogP contribution in [0.3, 0.4) is 0 Å². The summed E-state index contributed by atoms with van der Waals surface area (Å²) in [4.78, 5) is 0. The molecular formula is C24H24ClNO3. The standard InChI is InChI=1S/C24H24ClNO3/c1-27-22-5-3-2-4-21(22)20(18-8-11-23-24(14-18)29-16-28-23)12-13-26-15-17-6-9-19(25)10-7-17/h2-11,14,20,26H,12-13,15-16H2,1H3. The first-order chi connectivity index (χ1) is 14.2. The van der Waals surface area contributed by atoms with Crippen LogP contribution in [0.2, 0.25) is 5.02 Å². The van der Waals surface area contributed by atoms with E-state index in [1.165, 1.54) is 16.7 Å². The highest BCUT2D eigenvalue weighted by Crippen LogP contribution is 2.39. The van der Waals surface area contributed by atoms with Crippen LogP contribution >= 0.6 is 11.6 Å². The van der Waals surface area contributed by atoms with Gasteiger partial charge in [0.05, 0.1) is 7.11 Å². The first-order valence-electron chi connectivity index (χ1n) is 9.72. The van der Waals surface area contributed by atoms with Gasteiger partial charge < -0.3 is 19.5 Å². The van der Waals surface area contributed by atoms with Gasteiger partial charge in [-0.1, -0.05) is 48.0 Å². The lowest BCUT2D eigenvalue weighted by Gasteiger charge is -2.21. The quantitative estimate of drug-likeness (QED) is 0.506. The Kier molecular flexibility index (Phi) is 6.23. The van der Waals surface area contributed by atoms with E-state index in [-0.39, 0.29) is 12.7 Å². The molecule has 0 amide bonds. The van der Waals surface area contributed by atoms with Gasteiger partial charge in [-0.2, -0.15) is 0 Å². The normalized spacial score (nSPS) is 13.3. The largest absolute Gasteiger partial charge is 0.496 e. The summed E-state index contributed by atoms with van der Waals surface area (Å²) in [5.41, 5.74) is 3.57. The van der Waals surface area contributed by atoms with Crippen molar-refractivity contribution >= 4 is 11.6 Å². The molecule has 1 heterocycles. The van der Waals surface area contributed by atoms with Crippen LogP contribution in [-0.4, -0.2) is 20.4 Å². The Morgan fingerprint density at radius 2 is 1.79 bits per heavy atom. The molecular weight excluding hydrogens is 386 g/mol. The molecule has 0 saturated heterocycles. The number of hydrogen-bond acceptors (Lipinski definition) is 4. The molecule has 0 saturated carbocycles. The van der Waals surface area contributed by atoms with Crippen molar-refractivity contribution in [2.45, 2.75) is 18.9 Å². The van der Waals surface area contributed by atoms with Crippen molar-refractivity contribution in [1.82, 2.24) is 5.32 Å². The molecule has 150 valence electrons. The van der Waals surface area contributed by atoms with E-state index in [2.05, 4.69) is 29.6 Å². The van der Waals surface area contributed by atoms with Gasteiger partial charge in [0, 0.05) is 23.0 Å². The lowest BCUT2D eigenvalue weighted by molar-refractivity contribution is 0.174. The molecule has 3 aromatic carbocycles. The summed E-state index contributed by atoms with van der Waals surface area (Å²) in [6.45, 7) is 1.94. The third-order valence-corrected chi connectivity index (χ3v) is 5.42. The van der Waals surface area contributed by atoms with Crippen LogP contribution in [0.5, 0.6) is 17.2 Å². The van der Waals surface area contributed by atoms with E-state index in [9.17, 15) is 0 Å². The number of benzene rings is 3. The van der Waals surface area contributed by atoms with E-state index in [1.807, 2.05) is 42.5 Å². The maximum atomic E-state index is 5.97. The number of halogens is 1. The predicted molar refractivity (Wildman–Crippen MR) is 115 cm³/mol. The van der Waals surface area contributed by atoms with Gasteiger partial charge in [-0.3, -0.25) is 0 Å². The second-order valence-electron chi connectivity index (χ2n) is 7.00. The smallest absolute Gasteiger partial charge is 0.231 e. The van der Waals surface area contributed by atoms with Gasteiger partial charge in [-0.25, -0.2) is 0 Å². The van der Waals surface area contributed by atoms with Crippen molar-refractivity contribution < 1.29 is 14.2 Å². The topological polar surface area (TPSA) is 39.7 Å². The van der Waals surface area contributed by atoms with Crippen LogP contribution in [-0.2, 0) is 6.54 Å². The molecule has 0 radical (unpaired) electrons. The molecule has 29 heavy (non-hydrogen) atoms. The van der Waals surface area contributed by atoms with Crippen molar-refractivity contribution in [2.24, 2.45) is 0 Å². The number of rotatable bonds is 8. The van der Waals surface area contributed by atoms with Crippen molar-refractivity contribution in [3.63, 3.8) is 0 Å². The molecule has 1 atom stereocenters. The Hall–Kier alpha value is -2.69. The summed E-state index contributed by atoms with van der Waals surface area (Å²) in [6, 6.07) is 22.3. The van der Waals surface area contributed by atoms with Gasteiger partial charge in [0.25, 0.3) is 0 Å². The van der Waals surface area contributed by atoms with Crippen molar-refractivity contribution in [3.8, 4) is 17.2 Å². The molecule has 0 fully saturated rings. The number of nitrogens with one attached hydrogen (secondary N) is 1. The first kappa shape index (κ1) is 19.6. The average molecular weight is 410 g/mol. The molecule has 1 aliphatic rings. The zero-order chi connectivity index (χ0) is 20.1. The monoisotopic (exact) mass is 409 g/mol. The zero-order valence-corrected chi connectivity index (χ0v) is 17.1. The highest BCUT2D eigenvalue weighted by molar-refractivity contribution is 6.30. The number of methoxy groups -OCH3 is 1. The predicted octanol–water partition coefficient (Wildman–Crippen LogP) is 5.39. The second-order valence-corrected chi connectivity index (χ2v) is 7.44. The highest BCUT2D eigenvalue weighted by atomic mass is 35.5. The SMILES string of the molecule is COc1ccccc1C(CCNCc1ccc(Cl)cc1)c1ccc2c(c1)OCO2. The summed E-state index contributed by atoms with van der Waals surface area (Å²) < 4.78 is 16.7. The maximum absolute atomic E-state index is 5.97. The Morgan fingerprint density at radius 3 is 2.62 bits per heavy atom. The Balaban J connectivity index is 1.51. The fourth-order valence-corrected chi connectivity index (χ4v) is 3.79. The highest BCUT2D eigenvalue weighted by Gasteiger charge is 2.21. The molecule has 3 aromatic rings. The summed E-state index contributed by atoms with van der Waals surface area (Å²) in [5.74, 6) is 2.68. The molecule has 1 aliphatic heterocycles. The fraction of sp³-hybridized carbons (Fsp3) is 0.250. The summed E-state index contributed by atoms with van der Waals surface area (Å²) in [5, 5.41) is 4.30. The third-order valence-electron chi connectivity index (χ3n) is 5.17. The molecule has 5 heteroatoms. The van der Waals surface area contributed by atoms with Gasteiger partial charge in [-0.15, -0.1) is 0 Å². The fourth-order valence-electron chi connectivity index (χ4n) is 3.67. The Bertz CT molecular complexity index is 959. The van der Waals surface area contributed by atoms with Gasteiger partial charge in [0.15, 0.2) is 11.5 Å². The maximum Gasteiger partial charge on any atom is 0.231 e. The summed E-state index contributed by atoms with van der Waals surface area (Å²) in [6.07, 6.45) is 0.924. The van der Waals surface area contributed by atoms with Crippen LogP contribution in [0, 0.1) is 0 Å². The van der Waals surface area contributed by atoms with E-state index < -0.39 is 0 Å². The van der Waals surface area contributed by atoms with E-state index in [4.69, 9.17) is 25.8 Å². The molecule has 0 spiro atoms. The van der Waals surface area contributed by atoms with Crippen molar-refractivity contribution in [3.05, 3.63) is 88.4 Å². The molecule has 4 rings (SSSR count).